The molecule has 1 aromatic carbocycles. The van der Waals surface area contributed by atoms with E-state index >= 15 is 0 Å². The van der Waals surface area contributed by atoms with Gasteiger partial charge in [0.15, 0.2) is 15.7 Å². The minimum atomic E-state index is -3.32. The first-order chi connectivity index (χ1) is 14.1. The van der Waals surface area contributed by atoms with Crippen molar-refractivity contribution in [1.29, 1.82) is 0 Å². The SMILES string of the molecule is CS(=O)(=O)c1ccc(Nc2ncnc(OC3CCN(S(C)(=O)=O)CC3)c2N=O)cc1. The summed E-state index contributed by atoms with van der Waals surface area (Å²) in [5.74, 6) is 0.101. The topological polar surface area (TPSA) is 148 Å². The molecule has 2 aromatic rings. The molecule has 0 atom stereocenters. The maximum absolute atomic E-state index is 11.6. The van der Waals surface area contributed by atoms with E-state index in [0.717, 1.165) is 12.5 Å². The van der Waals surface area contributed by atoms with Crippen LogP contribution in [0.2, 0.25) is 0 Å². The summed E-state index contributed by atoms with van der Waals surface area (Å²) in [5.41, 5.74) is 0.369. The summed E-state index contributed by atoms with van der Waals surface area (Å²) in [7, 11) is -6.58. The van der Waals surface area contributed by atoms with Crippen molar-refractivity contribution < 1.29 is 21.6 Å². The Kier molecular flexibility index (Phi) is 6.33. The molecule has 0 bridgehead atoms. The van der Waals surface area contributed by atoms with E-state index in [2.05, 4.69) is 20.5 Å². The number of ether oxygens (including phenoxy) is 1. The standard InChI is InChI=1S/C17H21N5O6S2/c1-29(24,25)14-5-3-12(4-6-14)20-16-15(21-23)17(19-11-18-16)28-13-7-9-22(10-8-13)30(2,26)27/h3-6,11,13H,7-10H2,1-2H3,(H,18,19,20). The van der Waals surface area contributed by atoms with Crippen LogP contribution < -0.4 is 10.1 Å². The summed E-state index contributed by atoms with van der Waals surface area (Å²) in [6, 6.07) is 5.93. The molecule has 1 fully saturated rings. The first kappa shape index (κ1) is 22.1. The van der Waals surface area contributed by atoms with Crippen molar-refractivity contribution in [2.24, 2.45) is 5.18 Å². The van der Waals surface area contributed by atoms with Crippen molar-refractivity contribution in [2.45, 2.75) is 23.8 Å². The average molecular weight is 456 g/mol. The average Bonchev–Trinajstić information content (AvgIpc) is 2.68. The van der Waals surface area contributed by atoms with Crippen molar-refractivity contribution in [3.63, 3.8) is 0 Å². The number of hydrogen-bond donors (Lipinski definition) is 1. The Hall–Kier alpha value is -2.64. The molecule has 1 N–H and O–H groups in total. The molecule has 3 rings (SSSR count). The number of rotatable bonds is 7. The van der Waals surface area contributed by atoms with E-state index in [-0.39, 0.29) is 28.4 Å². The Morgan fingerprint density at radius 1 is 1.07 bits per heavy atom. The van der Waals surface area contributed by atoms with Gasteiger partial charge in [-0.1, -0.05) is 0 Å². The highest BCUT2D eigenvalue weighted by atomic mass is 32.2. The second-order valence-corrected chi connectivity index (χ2v) is 10.9. The molecule has 2 heterocycles. The Morgan fingerprint density at radius 3 is 2.23 bits per heavy atom. The van der Waals surface area contributed by atoms with Gasteiger partial charge in [-0.2, -0.15) is 4.98 Å². The molecule has 30 heavy (non-hydrogen) atoms. The minimum Gasteiger partial charge on any atom is -0.472 e. The highest BCUT2D eigenvalue weighted by Crippen LogP contribution is 2.35. The molecule has 13 heteroatoms. The molecule has 1 aromatic heterocycles. The lowest BCUT2D eigenvalue weighted by Gasteiger charge is -2.30. The normalized spacial score (nSPS) is 16.2. The number of nitroso groups, excluding NO2 is 1. The van der Waals surface area contributed by atoms with Crippen molar-refractivity contribution in [2.75, 3.05) is 30.9 Å². The van der Waals surface area contributed by atoms with Crippen LogP contribution in [0.4, 0.5) is 17.2 Å². The fourth-order valence-electron chi connectivity index (χ4n) is 2.98. The third kappa shape index (κ3) is 5.29. The molecule has 1 aliphatic rings. The zero-order valence-electron chi connectivity index (χ0n) is 16.3. The lowest BCUT2D eigenvalue weighted by Crippen LogP contribution is -2.41. The quantitative estimate of drug-likeness (QED) is 0.617. The predicted octanol–water partition coefficient (Wildman–Crippen LogP) is 1.82. The molecule has 0 aliphatic carbocycles. The molecule has 11 nitrogen and oxygen atoms in total. The van der Waals surface area contributed by atoms with Gasteiger partial charge >= 0.3 is 0 Å². The van der Waals surface area contributed by atoms with E-state index in [0.29, 0.717) is 31.6 Å². The number of anilines is 2. The number of hydrogen-bond acceptors (Lipinski definition) is 10. The van der Waals surface area contributed by atoms with Crippen molar-refractivity contribution in [3.8, 4) is 5.88 Å². The zero-order chi connectivity index (χ0) is 21.9. The van der Waals surface area contributed by atoms with Crippen LogP contribution >= 0.6 is 0 Å². The molecule has 0 spiro atoms. The number of nitrogens with one attached hydrogen (secondary N) is 1. The summed E-state index contributed by atoms with van der Waals surface area (Å²) in [4.78, 5) is 19.6. The van der Waals surface area contributed by atoms with Crippen LogP contribution in [-0.4, -0.2) is 62.8 Å². The van der Waals surface area contributed by atoms with Gasteiger partial charge in [0, 0.05) is 25.0 Å². The summed E-state index contributed by atoms with van der Waals surface area (Å²) in [5, 5.41) is 5.88. The number of sulfonamides is 1. The van der Waals surface area contributed by atoms with E-state index in [1.165, 1.54) is 34.9 Å². The first-order valence-corrected chi connectivity index (χ1v) is 12.7. The molecule has 1 saturated heterocycles. The van der Waals surface area contributed by atoms with E-state index in [4.69, 9.17) is 4.74 Å². The van der Waals surface area contributed by atoms with Gasteiger partial charge in [0.05, 0.1) is 11.2 Å². The fourth-order valence-corrected chi connectivity index (χ4v) is 4.49. The number of sulfone groups is 1. The van der Waals surface area contributed by atoms with Gasteiger partial charge in [0.25, 0.3) is 0 Å². The lowest BCUT2D eigenvalue weighted by molar-refractivity contribution is 0.130. The molecule has 0 amide bonds. The van der Waals surface area contributed by atoms with Gasteiger partial charge in [-0.3, -0.25) is 0 Å². The Labute approximate surface area is 174 Å². The molecular formula is C17H21N5O6S2. The van der Waals surface area contributed by atoms with E-state index < -0.39 is 19.9 Å². The van der Waals surface area contributed by atoms with Crippen molar-refractivity contribution >= 4 is 37.1 Å². The maximum atomic E-state index is 11.6. The van der Waals surface area contributed by atoms with Crippen LogP contribution in [0.25, 0.3) is 0 Å². The number of nitrogens with zero attached hydrogens (tertiary/aromatic N) is 4. The van der Waals surface area contributed by atoms with Gasteiger partial charge in [-0.25, -0.2) is 26.1 Å². The second kappa shape index (κ2) is 8.62. The van der Waals surface area contributed by atoms with Crippen LogP contribution in [0.15, 0.2) is 40.7 Å². The van der Waals surface area contributed by atoms with Gasteiger partial charge in [-0.15, -0.1) is 4.91 Å². The van der Waals surface area contributed by atoms with E-state index in [9.17, 15) is 21.7 Å². The van der Waals surface area contributed by atoms with Crippen molar-refractivity contribution in [3.05, 3.63) is 35.5 Å². The second-order valence-electron chi connectivity index (χ2n) is 6.87. The smallest absolute Gasteiger partial charge is 0.249 e. The van der Waals surface area contributed by atoms with E-state index in [1.807, 2.05) is 0 Å². The molecular weight excluding hydrogens is 434 g/mol. The first-order valence-electron chi connectivity index (χ1n) is 8.95. The predicted molar refractivity (Wildman–Crippen MR) is 110 cm³/mol. The Balaban J connectivity index is 1.74. The van der Waals surface area contributed by atoms with Gasteiger partial charge in [-0.05, 0) is 42.3 Å². The monoisotopic (exact) mass is 455 g/mol. The third-order valence-electron chi connectivity index (χ3n) is 4.57. The molecule has 0 unspecified atom stereocenters. The molecule has 0 saturated carbocycles. The summed E-state index contributed by atoms with van der Waals surface area (Å²) in [6.45, 7) is 0.631. The Bertz CT molecular complexity index is 1130. The van der Waals surface area contributed by atoms with Crippen molar-refractivity contribution in [1.82, 2.24) is 14.3 Å². The van der Waals surface area contributed by atoms with Crippen LogP contribution in [0.3, 0.4) is 0 Å². The van der Waals surface area contributed by atoms with Crippen LogP contribution in [0.5, 0.6) is 5.88 Å². The number of benzene rings is 1. The number of aromatic nitrogens is 2. The van der Waals surface area contributed by atoms with Gasteiger partial charge < -0.3 is 10.1 Å². The largest absolute Gasteiger partial charge is 0.472 e. The summed E-state index contributed by atoms with van der Waals surface area (Å²) in [6.07, 6.45) is 4.06. The van der Waals surface area contributed by atoms with E-state index in [1.54, 1.807) is 0 Å². The molecule has 1 aliphatic heterocycles. The molecule has 162 valence electrons. The third-order valence-corrected chi connectivity index (χ3v) is 7.01. The highest BCUT2D eigenvalue weighted by Gasteiger charge is 2.27. The van der Waals surface area contributed by atoms with Crippen LogP contribution in [-0.2, 0) is 19.9 Å². The van der Waals surface area contributed by atoms with Gasteiger partial charge in [0.1, 0.15) is 12.4 Å². The maximum Gasteiger partial charge on any atom is 0.249 e. The van der Waals surface area contributed by atoms with Crippen LogP contribution in [0, 0.1) is 4.91 Å². The lowest BCUT2D eigenvalue weighted by atomic mass is 10.1. The van der Waals surface area contributed by atoms with Crippen LogP contribution in [0.1, 0.15) is 12.8 Å². The van der Waals surface area contributed by atoms with Gasteiger partial charge in [0.2, 0.25) is 21.6 Å². The number of piperidine rings is 1. The highest BCUT2D eigenvalue weighted by molar-refractivity contribution is 7.90. The molecule has 0 radical (unpaired) electrons. The Morgan fingerprint density at radius 2 is 1.70 bits per heavy atom. The fraction of sp³-hybridized carbons (Fsp3) is 0.412. The summed E-state index contributed by atoms with van der Waals surface area (Å²) >= 11 is 0. The summed E-state index contributed by atoms with van der Waals surface area (Å²) < 4.78 is 53.5. The minimum absolute atomic E-state index is 0.00642. The zero-order valence-corrected chi connectivity index (χ0v) is 18.0.